The third-order valence-electron chi connectivity index (χ3n) is 5.06. The molecule has 5 nitrogen and oxygen atoms in total. The monoisotopic (exact) mass is 381 g/mol. The molecule has 1 saturated heterocycles. The molecule has 1 amide bonds. The van der Waals surface area contributed by atoms with Gasteiger partial charge in [0.15, 0.2) is 6.61 Å². The van der Waals surface area contributed by atoms with Gasteiger partial charge in [0.25, 0.3) is 5.91 Å². The van der Waals surface area contributed by atoms with Crippen LogP contribution in [0.25, 0.3) is 0 Å². The summed E-state index contributed by atoms with van der Waals surface area (Å²) in [5.41, 5.74) is 1.84. The third-order valence-corrected chi connectivity index (χ3v) is 5.06. The van der Waals surface area contributed by atoms with Crippen molar-refractivity contribution in [3.8, 4) is 5.75 Å². The average Bonchev–Trinajstić information content (AvgIpc) is 2.74. The molecule has 0 aromatic heterocycles. The molecule has 0 atom stereocenters. The van der Waals surface area contributed by atoms with E-state index in [-0.39, 0.29) is 18.5 Å². The number of piperidine rings is 1. The molecule has 3 rings (SSSR count). The first-order valence-corrected chi connectivity index (χ1v) is 9.87. The van der Waals surface area contributed by atoms with Crippen LogP contribution in [-0.2, 0) is 16.0 Å². The van der Waals surface area contributed by atoms with Crippen LogP contribution in [0.4, 0.5) is 0 Å². The van der Waals surface area contributed by atoms with Gasteiger partial charge in [0.2, 0.25) is 0 Å². The zero-order chi connectivity index (χ0) is 19.8. The lowest BCUT2D eigenvalue weighted by atomic mass is 9.90. The fourth-order valence-corrected chi connectivity index (χ4v) is 3.47. The second-order valence-electron chi connectivity index (χ2n) is 7.05. The van der Waals surface area contributed by atoms with Crippen molar-refractivity contribution in [2.24, 2.45) is 5.92 Å². The summed E-state index contributed by atoms with van der Waals surface area (Å²) >= 11 is 0. The van der Waals surface area contributed by atoms with Gasteiger partial charge in [0.05, 0.1) is 12.2 Å². The minimum absolute atomic E-state index is 0.00707. The van der Waals surface area contributed by atoms with Crippen molar-refractivity contribution >= 4 is 11.9 Å². The molecule has 0 spiro atoms. The lowest BCUT2D eigenvalue weighted by Gasteiger charge is -2.32. The maximum atomic E-state index is 12.4. The van der Waals surface area contributed by atoms with Crippen LogP contribution in [0.1, 0.15) is 35.7 Å². The van der Waals surface area contributed by atoms with Crippen molar-refractivity contribution < 1.29 is 19.1 Å². The van der Waals surface area contributed by atoms with Crippen molar-refractivity contribution in [3.05, 3.63) is 65.7 Å². The molecule has 148 valence electrons. The lowest BCUT2D eigenvalue weighted by Crippen LogP contribution is -2.41. The smallest absolute Gasteiger partial charge is 0.338 e. The molecule has 0 bridgehead atoms. The summed E-state index contributed by atoms with van der Waals surface area (Å²) in [6, 6.07) is 17.2. The fraction of sp³-hybridized carbons (Fsp3) is 0.391. The standard InChI is InChI=1S/C23H27NO4/c1-2-27-23(26)20-8-10-21(11-9-20)28-17-22(25)24-14-12-19(13-15-24)16-18-6-4-3-5-7-18/h3-11,19H,2,12-17H2,1H3. The van der Waals surface area contributed by atoms with Gasteiger partial charge in [-0.1, -0.05) is 30.3 Å². The van der Waals surface area contributed by atoms with Crippen molar-refractivity contribution in [3.63, 3.8) is 0 Å². The molecule has 0 unspecified atom stereocenters. The van der Waals surface area contributed by atoms with E-state index >= 15 is 0 Å². The van der Waals surface area contributed by atoms with Gasteiger partial charge in [0.1, 0.15) is 5.75 Å². The molecular weight excluding hydrogens is 354 g/mol. The Morgan fingerprint density at radius 1 is 1.00 bits per heavy atom. The Balaban J connectivity index is 1.41. The average molecular weight is 381 g/mol. The topological polar surface area (TPSA) is 55.8 Å². The lowest BCUT2D eigenvalue weighted by molar-refractivity contribution is -0.134. The molecule has 28 heavy (non-hydrogen) atoms. The maximum absolute atomic E-state index is 12.4. The second kappa shape index (κ2) is 9.93. The number of nitrogens with zero attached hydrogens (tertiary/aromatic N) is 1. The number of rotatable bonds is 7. The Morgan fingerprint density at radius 3 is 2.32 bits per heavy atom. The van der Waals surface area contributed by atoms with Crippen LogP contribution in [0.2, 0.25) is 0 Å². The van der Waals surface area contributed by atoms with Crippen LogP contribution in [0.15, 0.2) is 54.6 Å². The number of esters is 1. The zero-order valence-electron chi connectivity index (χ0n) is 16.3. The normalized spacial score (nSPS) is 14.5. The summed E-state index contributed by atoms with van der Waals surface area (Å²) in [5, 5.41) is 0. The van der Waals surface area contributed by atoms with Crippen molar-refractivity contribution in [1.29, 1.82) is 0 Å². The van der Waals surface area contributed by atoms with Crippen molar-refractivity contribution in [1.82, 2.24) is 4.90 Å². The van der Waals surface area contributed by atoms with E-state index in [2.05, 4.69) is 24.3 Å². The first-order chi connectivity index (χ1) is 13.7. The highest BCUT2D eigenvalue weighted by Crippen LogP contribution is 2.22. The Labute approximate surface area is 166 Å². The summed E-state index contributed by atoms with van der Waals surface area (Å²) < 4.78 is 10.5. The SMILES string of the molecule is CCOC(=O)c1ccc(OCC(=O)N2CCC(Cc3ccccc3)CC2)cc1. The second-order valence-corrected chi connectivity index (χ2v) is 7.05. The summed E-state index contributed by atoms with van der Waals surface area (Å²) in [6.45, 7) is 3.68. The molecule has 0 radical (unpaired) electrons. The number of benzene rings is 2. The molecule has 2 aromatic carbocycles. The largest absolute Gasteiger partial charge is 0.484 e. The van der Waals surface area contributed by atoms with Crippen LogP contribution < -0.4 is 4.74 Å². The summed E-state index contributed by atoms with van der Waals surface area (Å²) in [5.74, 6) is 0.847. The minimum Gasteiger partial charge on any atom is -0.484 e. The van der Waals surface area contributed by atoms with E-state index in [0.29, 0.717) is 23.8 Å². The van der Waals surface area contributed by atoms with Crippen molar-refractivity contribution in [2.75, 3.05) is 26.3 Å². The van der Waals surface area contributed by atoms with Crippen LogP contribution in [-0.4, -0.2) is 43.1 Å². The summed E-state index contributed by atoms with van der Waals surface area (Å²) in [7, 11) is 0. The molecule has 1 fully saturated rings. The van der Waals surface area contributed by atoms with Crippen LogP contribution in [0, 0.1) is 5.92 Å². The maximum Gasteiger partial charge on any atom is 0.338 e. The Kier molecular flexibility index (Phi) is 7.06. The van der Waals surface area contributed by atoms with Gasteiger partial charge >= 0.3 is 5.97 Å². The molecule has 0 aliphatic carbocycles. The zero-order valence-corrected chi connectivity index (χ0v) is 16.3. The molecule has 0 N–H and O–H groups in total. The highest BCUT2D eigenvalue weighted by molar-refractivity contribution is 5.89. The number of hydrogen-bond donors (Lipinski definition) is 0. The quantitative estimate of drug-likeness (QED) is 0.686. The Bertz CT molecular complexity index is 765. The summed E-state index contributed by atoms with van der Waals surface area (Å²) in [6.07, 6.45) is 3.12. The van der Waals surface area contributed by atoms with Crippen molar-refractivity contribution in [2.45, 2.75) is 26.2 Å². The van der Waals surface area contributed by atoms with Crippen LogP contribution in [0.5, 0.6) is 5.75 Å². The predicted octanol–water partition coefficient (Wildman–Crippen LogP) is 3.72. The number of hydrogen-bond acceptors (Lipinski definition) is 4. The van der Waals surface area contributed by atoms with E-state index in [1.165, 1.54) is 5.56 Å². The molecule has 1 aliphatic heterocycles. The number of ether oxygens (including phenoxy) is 2. The number of likely N-dealkylation sites (tertiary alicyclic amines) is 1. The van der Waals surface area contributed by atoms with Gasteiger partial charge in [0, 0.05) is 13.1 Å². The fourth-order valence-electron chi connectivity index (χ4n) is 3.47. The predicted molar refractivity (Wildman–Crippen MR) is 107 cm³/mol. The van der Waals surface area contributed by atoms with Gasteiger partial charge in [-0.2, -0.15) is 0 Å². The molecule has 2 aromatic rings. The molecule has 1 heterocycles. The number of amides is 1. The molecule has 0 saturated carbocycles. The van der Waals surface area contributed by atoms with Gasteiger partial charge in [-0.25, -0.2) is 4.79 Å². The van der Waals surface area contributed by atoms with E-state index in [0.717, 1.165) is 32.4 Å². The number of carbonyl (C=O) groups excluding carboxylic acids is 2. The van der Waals surface area contributed by atoms with E-state index in [1.807, 2.05) is 11.0 Å². The van der Waals surface area contributed by atoms with Gasteiger partial charge in [-0.15, -0.1) is 0 Å². The Hall–Kier alpha value is -2.82. The highest BCUT2D eigenvalue weighted by Gasteiger charge is 2.23. The van der Waals surface area contributed by atoms with Crippen LogP contribution >= 0.6 is 0 Å². The molecular formula is C23H27NO4. The van der Waals surface area contributed by atoms with E-state index in [9.17, 15) is 9.59 Å². The molecule has 5 heteroatoms. The first-order valence-electron chi connectivity index (χ1n) is 9.87. The minimum atomic E-state index is -0.358. The summed E-state index contributed by atoms with van der Waals surface area (Å²) in [4.78, 5) is 26.0. The Morgan fingerprint density at radius 2 is 1.68 bits per heavy atom. The van der Waals surface area contributed by atoms with E-state index < -0.39 is 0 Å². The third kappa shape index (κ3) is 5.59. The van der Waals surface area contributed by atoms with Gasteiger partial charge in [-0.3, -0.25) is 4.79 Å². The molecule has 1 aliphatic rings. The van der Waals surface area contributed by atoms with Gasteiger partial charge in [-0.05, 0) is 61.9 Å². The highest BCUT2D eigenvalue weighted by atomic mass is 16.5. The first kappa shape index (κ1) is 19.9. The van der Waals surface area contributed by atoms with E-state index in [1.54, 1.807) is 31.2 Å². The van der Waals surface area contributed by atoms with Crippen LogP contribution in [0.3, 0.4) is 0 Å². The van der Waals surface area contributed by atoms with E-state index in [4.69, 9.17) is 9.47 Å². The number of carbonyl (C=O) groups is 2. The van der Waals surface area contributed by atoms with Gasteiger partial charge < -0.3 is 14.4 Å².